The molecule has 160 valence electrons. The molecule has 2 atom stereocenters. The molecule has 1 aromatic carbocycles. The van der Waals surface area contributed by atoms with Crippen molar-refractivity contribution in [1.82, 2.24) is 0 Å². The highest BCUT2D eigenvalue weighted by Gasteiger charge is 2.46. The van der Waals surface area contributed by atoms with Crippen LogP contribution in [0.5, 0.6) is 5.75 Å². The minimum Gasteiger partial charge on any atom is -0.487 e. The molecular formula is C24H40O4. The second kappa shape index (κ2) is 14.4. The van der Waals surface area contributed by atoms with Crippen LogP contribution < -0.4 is 4.74 Å². The molecule has 0 saturated carbocycles. The maximum Gasteiger partial charge on any atom is 0.339 e. The van der Waals surface area contributed by atoms with Gasteiger partial charge in [-0.25, -0.2) is 4.79 Å². The highest BCUT2D eigenvalue weighted by Crippen LogP contribution is 2.29. The SMILES string of the molecule is CCCCCCCCCCCCC(OCC)(C(=O)O)C(C)Oc1ccccc1. The normalized spacial score (nSPS) is 14.4. The number of benzene rings is 1. The summed E-state index contributed by atoms with van der Waals surface area (Å²) in [5.41, 5.74) is -1.30. The van der Waals surface area contributed by atoms with Crippen molar-refractivity contribution >= 4 is 5.97 Å². The highest BCUT2D eigenvalue weighted by molar-refractivity contribution is 5.78. The smallest absolute Gasteiger partial charge is 0.339 e. The molecule has 1 aromatic rings. The van der Waals surface area contributed by atoms with Gasteiger partial charge >= 0.3 is 5.97 Å². The van der Waals surface area contributed by atoms with Crippen LogP contribution in [0.3, 0.4) is 0 Å². The summed E-state index contributed by atoms with van der Waals surface area (Å²) in [6.07, 6.45) is 12.1. The van der Waals surface area contributed by atoms with Crippen LogP contribution >= 0.6 is 0 Å². The summed E-state index contributed by atoms with van der Waals surface area (Å²) in [6, 6.07) is 9.36. The van der Waals surface area contributed by atoms with Crippen LogP contribution in [-0.2, 0) is 9.53 Å². The van der Waals surface area contributed by atoms with Gasteiger partial charge in [-0.15, -0.1) is 0 Å². The average Bonchev–Trinajstić information content (AvgIpc) is 2.69. The molecule has 0 bridgehead atoms. The predicted molar refractivity (Wildman–Crippen MR) is 115 cm³/mol. The van der Waals surface area contributed by atoms with Crippen molar-refractivity contribution < 1.29 is 19.4 Å². The minimum atomic E-state index is -1.30. The number of carbonyl (C=O) groups is 1. The van der Waals surface area contributed by atoms with E-state index in [1.807, 2.05) is 37.3 Å². The van der Waals surface area contributed by atoms with Crippen molar-refractivity contribution in [3.8, 4) is 5.75 Å². The van der Waals surface area contributed by atoms with Crippen molar-refractivity contribution in [2.24, 2.45) is 0 Å². The highest BCUT2D eigenvalue weighted by atomic mass is 16.6. The van der Waals surface area contributed by atoms with Crippen LogP contribution in [0.4, 0.5) is 0 Å². The fourth-order valence-electron chi connectivity index (χ4n) is 3.67. The molecule has 1 N–H and O–H groups in total. The molecule has 28 heavy (non-hydrogen) atoms. The zero-order chi connectivity index (χ0) is 20.7. The first-order valence-corrected chi connectivity index (χ1v) is 11.2. The standard InChI is InChI=1S/C24H40O4/c1-4-6-7-8-9-10-11-12-13-17-20-24(23(25)26,27-5-2)21(3)28-22-18-15-14-16-19-22/h14-16,18-19,21H,4-13,17,20H2,1-3H3,(H,25,26). The fraction of sp³-hybridized carbons (Fsp3) is 0.708. The van der Waals surface area contributed by atoms with Crippen LogP contribution in [0.2, 0.25) is 0 Å². The van der Waals surface area contributed by atoms with Crippen molar-refractivity contribution in [3.05, 3.63) is 30.3 Å². The maximum atomic E-state index is 12.1. The summed E-state index contributed by atoms with van der Waals surface area (Å²) in [5, 5.41) is 9.94. The van der Waals surface area contributed by atoms with E-state index in [2.05, 4.69) is 6.92 Å². The molecule has 4 heteroatoms. The van der Waals surface area contributed by atoms with Gasteiger partial charge in [-0.3, -0.25) is 0 Å². The van der Waals surface area contributed by atoms with E-state index in [0.717, 1.165) is 19.3 Å². The van der Waals surface area contributed by atoms with Crippen LogP contribution in [0.15, 0.2) is 30.3 Å². The molecule has 0 aliphatic carbocycles. The molecule has 0 radical (unpaired) electrons. The lowest BCUT2D eigenvalue weighted by atomic mass is 9.90. The molecule has 0 aliphatic rings. The van der Waals surface area contributed by atoms with Crippen molar-refractivity contribution in [1.29, 1.82) is 0 Å². The number of ether oxygens (including phenoxy) is 2. The number of carboxylic acid groups (broad SMARTS) is 1. The molecule has 0 aliphatic heterocycles. The molecule has 0 aromatic heterocycles. The van der Waals surface area contributed by atoms with Crippen molar-refractivity contribution in [3.63, 3.8) is 0 Å². The quantitative estimate of drug-likeness (QED) is 0.302. The monoisotopic (exact) mass is 392 g/mol. The molecule has 1 rings (SSSR count). The van der Waals surface area contributed by atoms with Gasteiger partial charge in [0.05, 0.1) is 0 Å². The van der Waals surface area contributed by atoms with Crippen molar-refractivity contribution in [2.45, 2.75) is 103 Å². The predicted octanol–water partition coefficient (Wildman–Crippen LogP) is 6.62. The van der Waals surface area contributed by atoms with Gasteiger partial charge in [0.15, 0.2) is 0 Å². The Morgan fingerprint density at radius 1 is 0.929 bits per heavy atom. The van der Waals surface area contributed by atoms with Crippen LogP contribution in [0.25, 0.3) is 0 Å². The summed E-state index contributed by atoms with van der Waals surface area (Å²) in [7, 11) is 0. The van der Waals surface area contributed by atoms with Gasteiger partial charge in [0.25, 0.3) is 0 Å². The topological polar surface area (TPSA) is 55.8 Å². The molecule has 0 saturated heterocycles. The van der Waals surface area contributed by atoms with E-state index in [-0.39, 0.29) is 0 Å². The fourth-order valence-corrected chi connectivity index (χ4v) is 3.67. The Morgan fingerprint density at radius 2 is 1.46 bits per heavy atom. The lowest BCUT2D eigenvalue weighted by molar-refractivity contribution is -0.180. The molecule has 2 unspecified atom stereocenters. The van der Waals surface area contributed by atoms with E-state index in [0.29, 0.717) is 18.8 Å². The van der Waals surface area contributed by atoms with Crippen LogP contribution in [-0.4, -0.2) is 29.4 Å². The minimum absolute atomic E-state index is 0.354. The molecule has 0 heterocycles. The maximum absolute atomic E-state index is 12.1. The van der Waals surface area contributed by atoms with E-state index < -0.39 is 17.7 Å². The van der Waals surface area contributed by atoms with Gasteiger partial charge in [0.2, 0.25) is 5.60 Å². The van der Waals surface area contributed by atoms with E-state index >= 15 is 0 Å². The number of aliphatic carboxylic acids is 1. The van der Waals surface area contributed by atoms with E-state index in [4.69, 9.17) is 9.47 Å². The van der Waals surface area contributed by atoms with E-state index in [9.17, 15) is 9.90 Å². The molecule has 0 fully saturated rings. The molecule has 4 nitrogen and oxygen atoms in total. The molecule has 0 amide bonds. The number of para-hydroxylation sites is 1. The van der Waals surface area contributed by atoms with Crippen LogP contribution in [0.1, 0.15) is 91.4 Å². The summed E-state index contributed by atoms with van der Waals surface area (Å²) in [5.74, 6) is -0.267. The molecule has 0 spiro atoms. The number of rotatable bonds is 17. The van der Waals surface area contributed by atoms with E-state index in [1.165, 1.54) is 44.9 Å². The van der Waals surface area contributed by atoms with Gasteiger partial charge in [0.1, 0.15) is 11.9 Å². The lowest BCUT2D eigenvalue weighted by Gasteiger charge is -2.35. The van der Waals surface area contributed by atoms with Gasteiger partial charge in [-0.1, -0.05) is 82.9 Å². The summed E-state index contributed by atoms with van der Waals surface area (Å²) in [6.45, 7) is 6.23. The third kappa shape index (κ3) is 8.64. The first kappa shape index (κ1) is 24.5. The molecular weight excluding hydrogens is 352 g/mol. The summed E-state index contributed by atoms with van der Waals surface area (Å²) in [4.78, 5) is 12.1. The Hall–Kier alpha value is -1.55. The Kier molecular flexibility index (Phi) is 12.6. The number of hydrogen-bond acceptors (Lipinski definition) is 3. The number of hydrogen-bond donors (Lipinski definition) is 1. The second-order valence-electron chi connectivity index (χ2n) is 7.63. The first-order valence-electron chi connectivity index (χ1n) is 11.2. The van der Waals surface area contributed by atoms with Gasteiger partial charge in [0, 0.05) is 6.61 Å². The zero-order valence-electron chi connectivity index (χ0n) is 18.1. The number of unbranched alkanes of at least 4 members (excludes halogenated alkanes) is 9. The Balaban J connectivity index is 2.45. The van der Waals surface area contributed by atoms with E-state index in [1.54, 1.807) is 6.92 Å². The first-order chi connectivity index (χ1) is 13.6. The van der Waals surface area contributed by atoms with Crippen molar-refractivity contribution in [2.75, 3.05) is 6.61 Å². The van der Waals surface area contributed by atoms with Gasteiger partial charge in [-0.05, 0) is 38.8 Å². The van der Waals surface area contributed by atoms with Crippen LogP contribution in [0, 0.1) is 0 Å². The Bertz CT molecular complexity index is 517. The summed E-state index contributed by atoms with van der Waals surface area (Å²) < 4.78 is 11.7. The van der Waals surface area contributed by atoms with Gasteiger partial charge < -0.3 is 14.6 Å². The Morgan fingerprint density at radius 3 is 1.96 bits per heavy atom. The second-order valence-corrected chi connectivity index (χ2v) is 7.63. The largest absolute Gasteiger partial charge is 0.487 e. The average molecular weight is 393 g/mol. The Labute approximate surface area is 171 Å². The summed E-state index contributed by atoms with van der Waals surface area (Å²) >= 11 is 0. The third-order valence-corrected chi connectivity index (χ3v) is 5.38. The number of carboxylic acids is 1. The lowest BCUT2D eigenvalue weighted by Crippen LogP contribution is -2.53. The zero-order valence-corrected chi connectivity index (χ0v) is 18.1. The van der Waals surface area contributed by atoms with Gasteiger partial charge in [-0.2, -0.15) is 0 Å². The third-order valence-electron chi connectivity index (χ3n) is 5.38.